The average Bonchev–Trinajstić information content (AvgIpc) is 2.87. The Kier molecular flexibility index (Phi) is 3.61. The number of halogens is 1. The second kappa shape index (κ2) is 5.42. The zero-order valence-electron chi connectivity index (χ0n) is 12.3. The van der Waals surface area contributed by atoms with Crippen molar-refractivity contribution in [3.63, 3.8) is 0 Å². The first-order chi connectivity index (χ1) is 10.1. The van der Waals surface area contributed by atoms with E-state index < -0.39 is 0 Å². The predicted molar refractivity (Wildman–Crippen MR) is 78.8 cm³/mol. The van der Waals surface area contributed by atoms with Crippen LogP contribution in [0.15, 0.2) is 18.2 Å². The quantitative estimate of drug-likeness (QED) is 0.863. The Morgan fingerprint density at radius 2 is 2.10 bits per heavy atom. The molecule has 0 saturated heterocycles. The molecular formula is C15H20FN5. The Hall–Kier alpha value is -1.98. The van der Waals surface area contributed by atoms with E-state index >= 15 is 0 Å². The smallest absolute Gasteiger partial charge is 0.184 e. The van der Waals surface area contributed by atoms with Gasteiger partial charge >= 0.3 is 0 Å². The molecule has 5 nitrogen and oxygen atoms in total. The van der Waals surface area contributed by atoms with E-state index in [0.29, 0.717) is 23.0 Å². The third-order valence-corrected chi connectivity index (χ3v) is 4.45. The van der Waals surface area contributed by atoms with Gasteiger partial charge in [0.05, 0.1) is 6.04 Å². The summed E-state index contributed by atoms with van der Waals surface area (Å²) in [5.74, 6) is 1.53. The molecule has 1 heterocycles. The van der Waals surface area contributed by atoms with Crippen molar-refractivity contribution in [1.29, 1.82) is 0 Å². The Morgan fingerprint density at radius 1 is 1.29 bits per heavy atom. The molecule has 1 fully saturated rings. The minimum absolute atomic E-state index is 0.274. The third kappa shape index (κ3) is 2.62. The van der Waals surface area contributed by atoms with E-state index in [-0.39, 0.29) is 11.9 Å². The number of tetrazole rings is 1. The van der Waals surface area contributed by atoms with E-state index in [9.17, 15) is 4.39 Å². The fourth-order valence-electron chi connectivity index (χ4n) is 3.34. The topological polar surface area (TPSA) is 69.6 Å². The first kappa shape index (κ1) is 14.0. The molecule has 0 bridgehead atoms. The monoisotopic (exact) mass is 289 g/mol. The van der Waals surface area contributed by atoms with Gasteiger partial charge in [0.15, 0.2) is 5.82 Å². The molecular weight excluding hydrogens is 269 g/mol. The predicted octanol–water partition coefficient (Wildman–Crippen LogP) is 3.06. The summed E-state index contributed by atoms with van der Waals surface area (Å²) in [5.41, 5.74) is 6.97. The van der Waals surface area contributed by atoms with Crippen LogP contribution in [0.5, 0.6) is 0 Å². The lowest BCUT2D eigenvalue weighted by molar-refractivity contribution is 0.194. The van der Waals surface area contributed by atoms with E-state index in [0.717, 1.165) is 12.3 Å². The van der Waals surface area contributed by atoms with Crippen LogP contribution >= 0.6 is 0 Å². The number of nitrogens with zero attached hydrogens (tertiary/aromatic N) is 4. The van der Waals surface area contributed by atoms with Crippen LogP contribution in [-0.4, -0.2) is 20.2 Å². The normalized spacial score (nSPS) is 26.0. The number of hydrogen-bond donors (Lipinski definition) is 1. The Morgan fingerprint density at radius 3 is 2.81 bits per heavy atom. The molecule has 2 aromatic rings. The summed E-state index contributed by atoms with van der Waals surface area (Å²) in [6.45, 7) is 4.52. The molecule has 1 aromatic heterocycles. The molecule has 0 radical (unpaired) electrons. The highest BCUT2D eigenvalue weighted by Crippen LogP contribution is 2.38. The summed E-state index contributed by atoms with van der Waals surface area (Å²) in [7, 11) is 0. The SMILES string of the molecule is CC1CCC(n2nnnc2-c2ccc(F)cc2N)C(C)C1. The molecule has 0 amide bonds. The Labute approximate surface area is 123 Å². The van der Waals surface area contributed by atoms with Gasteiger partial charge in [0, 0.05) is 11.3 Å². The molecule has 112 valence electrons. The van der Waals surface area contributed by atoms with Gasteiger partial charge in [-0.25, -0.2) is 9.07 Å². The van der Waals surface area contributed by atoms with E-state index in [1.807, 2.05) is 4.68 Å². The lowest BCUT2D eigenvalue weighted by atomic mass is 9.80. The summed E-state index contributed by atoms with van der Waals surface area (Å²) in [6, 6.07) is 4.61. The van der Waals surface area contributed by atoms with Gasteiger partial charge in [0.25, 0.3) is 0 Å². The molecule has 1 aromatic carbocycles. The van der Waals surface area contributed by atoms with Crippen molar-refractivity contribution in [2.75, 3.05) is 5.73 Å². The lowest BCUT2D eigenvalue weighted by Gasteiger charge is -2.32. The largest absolute Gasteiger partial charge is 0.398 e. The van der Waals surface area contributed by atoms with Crippen molar-refractivity contribution in [2.24, 2.45) is 11.8 Å². The maximum Gasteiger partial charge on any atom is 0.184 e. The molecule has 3 rings (SSSR count). The second-order valence-corrected chi connectivity index (χ2v) is 6.14. The van der Waals surface area contributed by atoms with Crippen LogP contribution in [0.2, 0.25) is 0 Å². The van der Waals surface area contributed by atoms with Gasteiger partial charge in [-0.1, -0.05) is 13.8 Å². The molecule has 21 heavy (non-hydrogen) atoms. The summed E-state index contributed by atoms with van der Waals surface area (Å²) in [4.78, 5) is 0. The van der Waals surface area contributed by atoms with Crippen molar-refractivity contribution in [3.05, 3.63) is 24.0 Å². The molecule has 2 N–H and O–H groups in total. The standard InChI is InChI=1S/C15H20FN5/c1-9-3-6-14(10(2)7-9)21-15(18-19-20-21)12-5-4-11(16)8-13(12)17/h4-5,8-10,14H,3,6-7,17H2,1-2H3. The molecule has 1 aliphatic carbocycles. The lowest BCUT2D eigenvalue weighted by Crippen LogP contribution is -2.26. The van der Waals surface area contributed by atoms with E-state index in [1.165, 1.54) is 25.0 Å². The Bertz CT molecular complexity index is 639. The highest BCUT2D eigenvalue weighted by molar-refractivity contribution is 5.71. The maximum atomic E-state index is 13.2. The fourth-order valence-corrected chi connectivity index (χ4v) is 3.34. The molecule has 1 saturated carbocycles. The van der Waals surface area contributed by atoms with Gasteiger partial charge in [0.1, 0.15) is 5.82 Å². The number of aromatic nitrogens is 4. The number of nitrogen functional groups attached to an aromatic ring is 1. The second-order valence-electron chi connectivity index (χ2n) is 6.14. The first-order valence-corrected chi connectivity index (χ1v) is 7.39. The van der Waals surface area contributed by atoms with Crippen molar-refractivity contribution >= 4 is 5.69 Å². The van der Waals surface area contributed by atoms with Crippen LogP contribution in [0, 0.1) is 17.7 Å². The van der Waals surface area contributed by atoms with Gasteiger partial charge in [-0.05, 0) is 59.7 Å². The summed E-state index contributed by atoms with van der Waals surface area (Å²) in [6.07, 6.45) is 3.40. The van der Waals surface area contributed by atoms with Crippen LogP contribution in [-0.2, 0) is 0 Å². The van der Waals surface area contributed by atoms with E-state index in [1.54, 1.807) is 6.07 Å². The number of nitrogens with two attached hydrogens (primary N) is 1. The van der Waals surface area contributed by atoms with Gasteiger partial charge in [-0.2, -0.15) is 0 Å². The highest BCUT2D eigenvalue weighted by atomic mass is 19.1. The number of anilines is 1. The van der Waals surface area contributed by atoms with Crippen LogP contribution in [0.3, 0.4) is 0 Å². The van der Waals surface area contributed by atoms with Crippen molar-refractivity contribution < 1.29 is 4.39 Å². The van der Waals surface area contributed by atoms with Crippen molar-refractivity contribution in [1.82, 2.24) is 20.2 Å². The number of rotatable bonds is 2. The summed E-state index contributed by atoms with van der Waals surface area (Å²) < 4.78 is 15.1. The van der Waals surface area contributed by atoms with Crippen molar-refractivity contribution in [3.8, 4) is 11.4 Å². The first-order valence-electron chi connectivity index (χ1n) is 7.39. The minimum Gasteiger partial charge on any atom is -0.398 e. The zero-order valence-corrected chi connectivity index (χ0v) is 12.3. The summed E-state index contributed by atoms with van der Waals surface area (Å²) >= 11 is 0. The molecule has 0 aliphatic heterocycles. The average molecular weight is 289 g/mol. The molecule has 6 heteroatoms. The third-order valence-electron chi connectivity index (χ3n) is 4.45. The van der Waals surface area contributed by atoms with Crippen molar-refractivity contribution in [2.45, 2.75) is 39.2 Å². The number of benzene rings is 1. The van der Waals surface area contributed by atoms with Gasteiger partial charge in [-0.15, -0.1) is 5.10 Å². The van der Waals surface area contributed by atoms with Crippen LogP contribution in [0.1, 0.15) is 39.2 Å². The van der Waals surface area contributed by atoms with Gasteiger partial charge in [0.2, 0.25) is 0 Å². The van der Waals surface area contributed by atoms with Gasteiger partial charge in [-0.3, -0.25) is 0 Å². The van der Waals surface area contributed by atoms with Crippen LogP contribution in [0.4, 0.5) is 10.1 Å². The maximum absolute atomic E-state index is 13.2. The van der Waals surface area contributed by atoms with E-state index in [2.05, 4.69) is 29.4 Å². The van der Waals surface area contributed by atoms with Crippen LogP contribution in [0.25, 0.3) is 11.4 Å². The van der Waals surface area contributed by atoms with E-state index in [4.69, 9.17) is 5.73 Å². The van der Waals surface area contributed by atoms with Crippen LogP contribution < -0.4 is 5.73 Å². The fraction of sp³-hybridized carbons (Fsp3) is 0.533. The molecule has 0 spiro atoms. The molecule has 3 unspecified atom stereocenters. The highest BCUT2D eigenvalue weighted by Gasteiger charge is 2.30. The van der Waals surface area contributed by atoms with Gasteiger partial charge < -0.3 is 5.73 Å². The zero-order chi connectivity index (χ0) is 15.0. The molecule has 1 aliphatic rings. The molecule has 3 atom stereocenters. The number of hydrogen-bond acceptors (Lipinski definition) is 4. The summed E-state index contributed by atoms with van der Waals surface area (Å²) in [5, 5.41) is 12.1. The Balaban J connectivity index is 1.97. The minimum atomic E-state index is -0.352.